The van der Waals surface area contributed by atoms with Gasteiger partial charge >= 0.3 is 0 Å². The Morgan fingerprint density at radius 3 is 1.97 bits per heavy atom. The molecule has 10 nitrogen and oxygen atoms in total. The van der Waals surface area contributed by atoms with Crippen LogP contribution in [0.4, 0.5) is 0 Å². The fourth-order valence-corrected chi connectivity index (χ4v) is 5.96. The van der Waals surface area contributed by atoms with Crippen molar-refractivity contribution in [1.82, 2.24) is 9.80 Å². The van der Waals surface area contributed by atoms with Crippen molar-refractivity contribution >= 4 is 28.9 Å². The number of carbonyl (C=O) groups excluding carboxylic acids is 5. The normalized spacial score (nSPS) is 31.1. The summed E-state index contributed by atoms with van der Waals surface area (Å²) in [4.78, 5) is 69.6. The zero-order valence-electron chi connectivity index (χ0n) is 20.1. The summed E-state index contributed by atoms with van der Waals surface area (Å²) < 4.78 is 10.4. The molecule has 2 bridgehead atoms. The smallest absolute Gasteiger partial charge is 0.226 e. The second kappa shape index (κ2) is 7.43. The molecule has 0 aromatic carbocycles. The lowest BCUT2D eigenvalue weighted by Gasteiger charge is -2.56. The van der Waals surface area contributed by atoms with Crippen molar-refractivity contribution in [2.45, 2.75) is 45.1 Å². The monoisotopic (exact) mass is 480 g/mol. The van der Waals surface area contributed by atoms with Gasteiger partial charge in [-0.3, -0.25) is 28.9 Å². The molecule has 10 heteroatoms. The summed E-state index contributed by atoms with van der Waals surface area (Å²) in [6.45, 7) is 4.56. The first-order valence-electron chi connectivity index (χ1n) is 11.1. The molecule has 3 aliphatic heterocycles. The number of aliphatic hydroxyl groups excluding tert-OH is 1. The van der Waals surface area contributed by atoms with Gasteiger partial charge in [0.05, 0.1) is 31.9 Å². The molecule has 0 aromatic heterocycles. The third-order valence-corrected chi connectivity index (χ3v) is 7.61. The Hall–Kier alpha value is -3.63. The highest BCUT2D eigenvalue weighted by molar-refractivity contribution is 6.37. The van der Waals surface area contributed by atoms with E-state index in [4.69, 9.17) is 9.47 Å². The summed E-state index contributed by atoms with van der Waals surface area (Å²) in [5, 5.41) is 11.4. The Kier molecular flexibility index (Phi) is 4.91. The van der Waals surface area contributed by atoms with Crippen molar-refractivity contribution in [3.8, 4) is 0 Å². The molecule has 0 spiro atoms. The molecule has 35 heavy (non-hydrogen) atoms. The van der Waals surface area contributed by atoms with E-state index in [-0.39, 0.29) is 45.0 Å². The number of likely N-dealkylation sites (N-methyl/N-ethyl adjacent to an activating group) is 1. The molecule has 5 aliphatic rings. The first-order chi connectivity index (χ1) is 16.5. The molecule has 0 unspecified atom stereocenters. The predicted molar refractivity (Wildman–Crippen MR) is 119 cm³/mol. The Morgan fingerprint density at radius 2 is 1.40 bits per heavy atom. The average Bonchev–Trinajstić information content (AvgIpc) is 2.80. The van der Waals surface area contributed by atoms with Gasteiger partial charge in [0.2, 0.25) is 11.6 Å². The number of piperazine rings is 1. The highest BCUT2D eigenvalue weighted by Crippen LogP contribution is 2.47. The fourth-order valence-electron chi connectivity index (χ4n) is 5.96. The van der Waals surface area contributed by atoms with Crippen molar-refractivity contribution in [2.24, 2.45) is 0 Å². The maximum absolute atomic E-state index is 13.5. The first-order valence-corrected chi connectivity index (χ1v) is 11.1. The number of carbonyl (C=O) groups is 5. The summed E-state index contributed by atoms with van der Waals surface area (Å²) in [5.74, 6) is -3.00. The van der Waals surface area contributed by atoms with Gasteiger partial charge < -0.3 is 19.5 Å². The van der Waals surface area contributed by atoms with Crippen molar-refractivity contribution in [3.63, 3.8) is 0 Å². The van der Waals surface area contributed by atoms with Gasteiger partial charge in [-0.05, 0) is 33.9 Å². The molecule has 2 aliphatic carbocycles. The van der Waals surface area contributed by atoms with Crippen LogP contribution in [0.3, 0.4) is 0 Å². The van der Waals surface area contributed by atoms with E-state index in [0.717, 1.165) is 0 Å². The minimum absolute atomic E-state index is 0.0236. The molecule has 5 rings (SSSR count). The lowest BCUT2D eigenvalue weighted by atomic mass is 9.71. The number of allylic oxidation sites excluding steroid dienone is 6. The van der Waals surface area contributed by atoms with Crippen LogP contribution in [0.15, 0.2) is 56.7 Å². The van der Waals surface area contributed by atoms with E-state index in [9.17, 15) is 29.1 Å². The minimum atomic E-state index is -1.44. The number of nitrogens with zero attached hydrogens (tertiary/aromatic N) is 2. The van der Waals surface area contributed by atoms with Gasteiger partial charge in [0.15, 0.2) is 35.1 Å². The lowest BCUT2D eigenvalue weighted by Crippen LogP contribution is -2.70. The predicted octanol–water partition coefficient (Wildman–Crippen LogP) is -0.104. The molecule has 0 saturated carbocycles. The Bertz CT molecular complexity index is 1340. The van der Waals surface area contributed by atoms with Crippen LogP contribution in [0.25, 0.3) is 0 Å². The van der Waals surface area contributed by atoms with E-state index in [1.807, 2.05) is 0 Å². The Balaban J connectivity index is 1.77. The van der Waals surface area contributed by atoms with E-state index in [1.54, 1.807) is 14.0 Å². The molecular weight excluding hydrogens is 456 g/mol. The van der Waals surface area contributed by atoms with Crippen molar-refractivity contribution in [3.05, 3.63) is 56.7 Å². The SMILES string of the molecule is COC1=C(C)C(=O)C2=C(C1=O)[C@@H]1C3=CC4=C(C(=O)C(OC)=C(C)C4=O)[C@H](C)N3[C@@H](O)[C@H](C2=O)N1C. The second-order valence-corrected chi connectivity index (χ2v) is 9.19. The summed E-state index contributed by atoms with van der Waals surface area (Å²) in [5.41, 5.74) is 0.475. The molecule has 0 amide bonds. The summed E-state index contributed by atoms with van der Waals surface area (Å²) in [7, 11) is 4.16. The molecule has 0 aromatic rings. The van der Waals surface area contributed by atoms with Crippen LogP contribution in [0.5, 0.6) is 0 Å². The number of hydrogen-bond acceptors (Lipinski definition) is 10. The zero-order valence-corrected chi connectivity index (χ0v) is 20.1. The Morgan fingerprint density at radius 1 is 0.857 bits per heavy atom. The number of rotatable bonds is 2. The van der Waals surface area contributed by atoms with E-state index in [0.29, 0.717) is 5.70 Å². The Labute approximate surface area is 200 Å². The van der Waals surface area contributed by atoms with Crippen LogP contribution in [-0.2, 0) is 33.4 Å². The van der Waals surface area contributed by atoms with Gasteiger partial charge in [-0.1, -0.05) is 0 Å². The zero-order chi connectivity index (χ0) is 25.7. The first kappa shape index (κ1) is 23.1. The van der Waals surface area contributed by atoms with E-state index in [2.05, 4.69) is 0 Å². The highest BCUT2D eigenvalue weighted by atomic mass is 16.5. The molecular formula is C25H24N2O8. The van der Waals surface area contributed by atoms with Crippen molar-refractivity contribution in [1.29, 1.82) is 0 Å². The number of hydrogen-bond donors (Lipinski definition) is 1. The summed E-state index contributed by atoms with van der Waals surface area (Å²) >= 11 is 0. The van der Waals surface area contributed by atoms with Gasteiger partial charge in [0, 0.05) is 33.6 Å². The van der Waals surface area contributed by atoms with E-state index >= 15 is 0 Å². The largest absolute Gasteiger partial charge is 0.492 e. The van der Waals surface area contributed by atoms with Crippen LogP contribution in [0, 0.1) is 0 Å². The van der Waals surface area contributed by atoms with Gasteiger partial charge in [0.1, 0.15) is 6.04 Å². The highest BCUT2D eigenvalue weighted by Gasteiger charge is 2.59. The fraction of sp³-hybridized carbons (Fsp3) is 0.400. The molecule has 1 N–H and O–H groups in total. The van der Waals surface area contributed by atoms with Crippen LogP contribution in [0.2, 0.25) is 0 Å². The van der Waals surface area contributed by atoms with Gasteiger partial charge in [-0.25, -0.2) is 0 Å². The number of methoxy groups -OCH3 is 2. The van der Waals surface area contributed by atoms with Crippen LogP contribution >= 0.6 is 0 Å². The number of fused-ring (bicyclic) bond motifs is 5. The second-order valence-electron chi connectivity index (χ2n) is 9.19. The van der Waals surface area contributed by atoms with Gasteiger partial charge in [-0.2, -0.15) is 0 Å². The maximum Gasteiger partial charge on any atom is 0.226 e. The third kappa shape index (κ3) is 2.63. The average molecular weight is 480 g/mol. The van der Waals surface area contributed by atoms with Gasteiger partial charge in [0.25, 0.3) is 0 Å². The molecule has 182 valence electrons. The summed E-state index contributed by atoms with van der Waals surface area (Å²) in [6, 6.07) is -2.89. The number of ether oxygens (including phenoxy) is 2. The van der Waals surface area contributed by atoms with Crippen LogP contribution < -0.4 is 0 Å². The number of ketones is 5. The molecule has 4 atom stereocenters. The molecule has 3 heterocycles. The van der Waals surface area contributed by atoms with Crippen molar-refractivity contribution < 1.29 is 38.6 Å². The van der Waals surface area contributed by atoms with Gasteiger partial charge in [-0.15, -0.1) is 0 Å². The topological polar surface area (TPSA) is 131 Å². The standard InChI is InChI=1S/C25H24N2O8/c1-8-18(28)11-7-12-16-14-15(19(29)9(2)24(35-6)22(14)32)20(30)17(26(16)4)25(33)27(12)10(3)13(11)21(31)23(8)34-5/h7,10,16-17,25,33H,1-6H3/t10-,16-,17-,25-/m0/s1. The van der Waals surface area contributed by atoms with Crippen LogP contribution in [-0.4, -0.2) is 89.4 Å². The minimum Gasteiger partial charge on any atom is -0.492 e. The number of aliphatic hydroxyl groups is 1. The number of Topliss-reactive ketones (excluding diaryl/α,β-unsaturated/α-hetero) is 5. The quantitative estimate of drug-likeness (QED) is 0.422. The lowest BCUT2D eigenvalue weighted by molar-refractivity contribution is -0.145. The summed E-state index contributed by atoms with van der Waals surface area (Å²) in [6.07, 6.45) is 0.0343. The molecule has 1 fully saturated rings. The van der Waals surface area contributed by atoms with Crippen LogP contribution in [0.1, 0.15) is 20.8 Å². The van der Waals surface area contributed by atoms with E-state index in [1.165, 1.54) is 43.9 Å². The van der Waals surface area contributed by atoms with Crippen molar-refractivity contribution in [2.75, 3.05) is 21.3 Å². The maximum atomic E-state index is 13.5. The molecule has 0 radical (unpaired) electrons. The van der Waals surface area contributed by atoms with E-state index < -0.39 is 53.3 Å². The molecule has 1 saturated heterocycles. The third-order valence-electron chi connectivity index (χ3n) is 7.61.